The maximum Gasteiger partial charge on any atom is 0.321 e. The van der Waals surface area contributed by atoms with Crippen molar-refractivity contribution in [2.75, 3.05) is 12.8 Å². The average Bonchev–Trinajstić information content (AvgIpc) is 2.26. The average molecular weight is 232 g/mol. The molecule has 3 unspecified atom stereocenters. The number of nitrogens with one attached hydrogen (secondary N) is 1. The lowest BCUT2D eigenvalue weighted by molar-refractivity contribution is -0.138. The maximum absolute atomic E-state index is 10.5. The molecule has 4 N–H and O–H groups in total. The summed E-state index contributed by atoms with van der Waals surface area (Å²) in [5, 5.41) is 12.6. The molecule has 0 spiro atoms. The number of rotatable bonds is 5. The first kappa shape index (κ1) is 12.8. The molecular formula is C10H20N2O2S. The predicted octanol–water partition coefficient (Wildman–Crippen LogP) is 0.662. The Kier molecular flexibility index (Phi) is 5.42. The minimum absolute atomic E-state index is 0.376. The van der Waals surface area contributed by atoms with Crippen LogP contribution in [-0.4, -0.2) is 41.2 Å². The Balaban J connectivity index is 2.23. The summed E-state index contributed by atoms with van der Waals surface area (Å²) in [7, 11) is 0. The van der Waals surface area contributed by atoms with Crippen LogP contribution in [0.2, 0.25) is 0 Å². The van der Waals surface area contributed by atoms with E-state index in [2.05, 4.69) is 11.6 Å². The molecule has 4 nitrogen and oxygen atoms in total. The summed E-state index contributed by atoms with van der Waals surface area (Å²) < 4.78 is 0. The van der Waals surface area contributed by atoms with Gasteiger partial charge in [0.1, 0.15) is 6.04 Å². The number of nitrogens with two attached hydrogens (primary N) is 1. The summed E-state index contributed by atoms with van der Waals surface area (Å²) >= 11 is 1.90. The Morgan fingerprint density at radius 3 is 3.00 bits per heavy atom. The van der Waals surface area contributed by atoms with Crippen molar-refractivity contribution >= 4 is 17.7 Å². The first-order valence-corrected chi connectivity index (χ1v) is 6.67. The first-order chi connectivity index (χ1) is 7.13. The molecule has 3 atom stereocenters. The molecule has 1 saturated carbocycles. The summed E-state index contributed by atoms with van der Waals surface area (Å²) in [5.74, 6) is -0.931. The summed E-state index contributed by atoms with van der Waals surface area (Å²) in [5.41, 5.74) is 5.43. The second-order valence-electron chi connectivity index (χ2n) is 4.07. The Bertz CT molecular complexity index is 214. The molecule has 1 aliphatic rings. The molecule has 0 aliphatic heterocycles. The minimum atomic E-state index is -0.931. The van der Waals surface area contributed by atoms with Gasteiger partial charge in [-0.25, -0.2) is 0 Å². The lowest BCUT2D eigenvalue weighted by Gasteiger charge is -2.29. The SMILES string of the molecule is CSC1CCCC(NCC(N)C(=O)O)C1. The molecule has 0 bridgehead atoms. The Hall–Kier alpha value is -0.260. The predicted molar refractivity (Wildman–Crippen MR) is 63.2 cm³/mol. The number of hydrogen-bond acceptors (Lipinski definition) is 4. The molecule has 0 aromatic rings. The summed E-state index contributed by atoms with van der Waals surface area (Å²) in [6.45, 7) is 0.376. The highest BCUT2D eigenvalue weighted by Crippen LogP contribution is 2.26. The van der Waals surface area contributed by atoms with Crippen LogP contribution in [-0.2, 0) is 4.79 Å². The van der Waals surface area contributed by atoms with Gasteiger partial charge in [-0.1, -0.05) is 6.42 Å². The topological polar surface area (TPSA) is 75.3 Å². The van der Waals surface area contributed by atoms with Crippen LogP contribution in [0.25, 0.3) is 0 Å². The van der Waals surface area contributed by atoms with E-state index < -0.39 is 12.0 Å². The van der Waals surface area contributed by atoms with Crippen molar-refractivity contribution in [3.05, 3.63) is 0 Å². The fourth-order valence-electron chi connectivity index (χ4n) is 1.93. The third-order valence-electron chi connectivity index (χ3n) is 2.90. The number of carbonyl (C=O) groups is 1. The van der Waals surface area contributed by atoms with E-state index in [0.717, 1.165) is 18.1 Å². The van der Waals surface area contributed by atoms with Crippen molar-refractivity contribution in [3.8, 4) is 0 Å². The number of hydrogen-bond donors (Lipinski definition) is 3. The third kappa shape index (κ3) is 4.40. The van der Waals surface area contributed by atoms with Gasteiger partial charge in [-0.2, -0.15) is 11.8 Å². The van der Waals surface area contributed by atoms with Crippen molar-refractivity contribution in [1.82, 2.24) is 5.32 Å². The minimum Gasteiger partial charge on any atom is -0.480 e. The molecule has 88 valence electrons. The number of aliphatic carboxylic acids is 1. The van der Waals surface area contributed by atoms with E-state index in [0.29, 0.717) is 12.6 Å². The van der Waals surface area contributed by atoms with Gasteiger partial charge in [-0.05, 0) is 25.5 Å². The molecule has 1 fully saturated rings. The van der Waals surface area contributed by atoms with Crippen molar-refractivity contribution in [2.24, 2.45) is 5.73 Å². The molecule has 1 rings (SSSR count). The van der Waals surface area contributed by atoms with E-state index in [9.17, 15) is 4.79 Å². The van der Waals surface area contributed by atoms with E-state index >= 15 is 0 Å². The Morgan fingerprint density at radius 1 is 1.67 bits per heavy atom. The van der Waals surface area contributed by atoms with Crippen LogP contribution < -0.4 is 11.1 Å². The zero-order chi connectivity index (χ0) is 11.3. The highest BCUT2D eigenvalue weighted by Gasteiger charge is 2.22. The molecule has 1 aliphatic carbocycles. The zero-order valence-corrected chi connectivity index (χ0v) is 9.93. The van der Waals surface area contributed by atoms with Crippen molar-refractivity contribution in [1.29, 1.82) is 0 Å². The lowest BCUT2D eigenvalue weighted by Crippen LogP contribution is -2.45. The zero-order valence-electron chi connectivity index (χ0n) is 9.11. The van der Waals surface area contributed by atoms with Crippen molar-refractivity contribution in [3.63, 3.8) is 0 Å². The third-order valence-corrected chi connectivity index (χ3v) is 4.00. The van der Waals surface area contributed by atoms with Crippen LogP contribution in [0, 0.1) is 0 Å². The van der Waals surface area contributed by atoms with Crippen LogP contribution in [0.1, 0.15) is 25.7 Å². The normalized spacial score (nSPS) is 28.7. The molecule has 15 heavy (non-hydrogen) atoms. The second kappa shape index (κ2) is 6.35. The smallest absolute Gasteiger partial charge is 0.321 e. The maximum atomic E-state index is 10.5. The van der Waals surface area contributed by atoms with Gasteiger partial charge in [-0.15, -0.1) is 0 Å². The van der Waals surface area contributed by atoms with E-state index in [1.807, 2.05) is 11.8 Å². The molecule has 0 aromatic carbocycles. The molecule has 5 heteroatoms. The number of thioether (sulfide) groups is 1. The van der Waals surface area contributed by atoms with Crippen molar-refractivity contribution in [2.45, 2.75) is 43.0 Å². The second-order valence-corrected chi connectivity index (χ2v) is 5.21. The van der Waals surface area contributed by atoms with Gasteiger partial charge in [0.05, 0.1) is 0 Å². The number of carboxylic acid groups (broad SMARTS) is 1. The van der Waals surface area contributed by atoms with Crippen LogP contribution in [0.5, 0.6) is 0 Å². The fraction of sp³-hybridized carbons (Fsp3) is 0.900. The van der Waals surface area contributed by atoms with Crippen LogP contribution in [0.15, 0.2) is 0 Å². The summed E-state index contributed by atoms with van der Waals surface area (Å²) in [4.78, 5) is 10.5. The van der Waals surface area contributed by atoms with Gasteiger partial charge in [-0.3, -0.25) is 4.79 Å². The quantitative estimate of drug-likeness (QED) is 0.649. The Morgan fingerprint density at radius 2 is 2.40 bits per heavy atom. The van der Waals surface area contributed by atoms with E-state index in [-0.39, 0.29) is 0 Å². The van der Waals surface area contributed by atoms with Crippen LogP contribution in [0.4, 0.5) is 0 Å². The van der Waals surface area contributed by atoms with Gasteiger partial charge < -0.3 is 16.2 Å². The molecule has 0 radical (unpaired) electrons. The highest BCUT2D eigenvalue weighted by molar-refractivity contribution is 7.99. The van der Waals surface area contributed by atoms with Crippen LogP contribution >= 0.6 is 11.8 Å². The molecule has 0 heterocycles. The van der Waals surface area contributed by atoms with Crippen LogP contribution in [0.3, 0.4) is 0 Å². The van der Waals surface area contributed by atoms with E-state index in [4.69, 9.17) is 10.8 Å². The van der Waals surface area contributed by atoms with Gasteiger partial charge in [0, 0.05) is 17.8 Å². The van der Waals surface area contributed by atoms with Gasteiger partial charge in [0.2, 0.25) is 0 Å². The highest BCUT2D eigenvalue weighted by atomic mass is 32.2. The molecule has 0 aromatic heterocycles. The van der Waals surface area contributed by atoms with Gasteiger partial charge >= 0.3 is 5.97 Å². The molecular weight excluding hydrogens is 212 g/mol. The largest absolute Gasteiger partial charge is 0.480 e. The van der Waals surface area contributed by atoms with Gasteiger partial charge in [0.15, 0.2) is 0 Å². The Labute approximate surface area is 95.0 Å². The molecule has 0 saturated heterocycles. The van der Waals surface area contributed by atoms with Crippen molar-refractivity contribution < 1.29 is 9.90 Å². The van der Waals surface area contributed by atoms with Gasteiger partial charge in [0.25, 0.3) is 0 Å². The summed E-state index contributed by atoms with van der Waals surface area (Å²) in [6.07, 6.45) is 6.92. The monoisotopic (exact) mass is 232 g/mol. The fourth-order valence-corrected chi connectivity index (χ4v) is 2.75. The molecule has 0 amide bonds. The first-order valence-electron chi connectivity index (χ1n) is 5.38. The summed E-state index contributed by atoms with van der Waals surface area (Å²) in [6, 6.07) is -0.332. The van der Waals surface area contributed by atoms with E-state index in [1.165, 1.54) is 12.8 Å². The standard InChI is InChI=1S/C10H20N2O2S/c1-15-8-4-2-3-7(5-8)12-6-9(11)10(13)14/h7-9,12H,2-6,11H2,1H3,(H,13,14). The van der Waals surface area contributed by atoms with E-state index in [1.54, 1.807) is 0 Å². The lowest BCUT2D eigenvalue weighted by atomic mass is 9.95. The number of carboxylic acids is 1.